The van der Waals surface area contributed by atoms with Gasteiger partial charge in [-0.3, -0.25) is 4.79 Å². The maximum Gasteiger partial charge on any atom is 0.254 e. The first-order valence-electron chi connectivity index (χ1n) is 5.25. The summed E-state index contributed by atoms with van der Waals surface area (Å²) in [6.07, 6.45) is 0. The lowest BCUT2D eigenvalue weighted by Crippen LogP contribution is -2.26. The molecule has 1 aromatic heterocycles. The number of carbonyl (C=O) groups excluding carboxylic acids is 1. The number of halogens is 1. The lowest BCUT2D eigenvalue weighted by atomic mass is 10.2. The van der Waals surface area contributed by atoms with Crippen molar-refractivity contribution in [2.45, 2.75) is 6.54 Å². The van der Waals surface area contributed by atoms with Crippen LogP contribution < -0.4 is 5.73 Å². The molecule has 0 aliphatic heterocycles. The quantitative estimate of drug-likeness (QED) is 0.880. The third-order valence-corrected chi connectivity index (χ3v) is 3.45. The molecule has 2 rings (SSSR count). The van der Waals surface area contributed by atoms with Gasteiger partial charge in [0, 0.05) is 18.0 Å². The van der Waals surface area contributed by atoms with Crippen molar-refractivity contribution < 1.29 is 4.79 Å². The molecule has 94 valence electrons. The Hall–Kier alpha value is -1.59. The van der Waals surface area contributed by atoms with Crippen molar-refractivity contribution in [2.75, 3.05) is 12.8 Å². The molecule has 0 fully saturated rings. The van der Waals surface area contributed by atoms with E-state index < -0.39 is 0 Å². The second-order valence-corrected chi connectivity index (χ2v) is 5.00. The summed E-state index contributed by atoms with van der Waals surface area (Å²) in [4.78, 5) is 17.9. The molecule has 0 bridgehead atoms. The number of benzene rings is 1. The van der Waals surface area contributed by atoms with Gasteiger partial charge in [0.05, 0.1) is 28.5 Å². The molecule has 0 unspecified atom stereocenters. The predicted molar refractivity (Wildman–Crippen MR) is 73.8 cm³/mol. The standard InChI is InChI=1S/C12H12ClN3OS/c1-16(5-9-6-18-7-15-9)12(17)8-2-3-10(13)11(14)4-8/h2-4,6-7H,5,14H2,1H3. The number of hydrogen-bond acceptors (Lipinski definition) is 4. The Morgan fingerprint density at radius 2 is 2.33 bits per heavy atom. The van der Waals surface area contributed by atoms with Crippen LogP contribution in [0.5, 0.6) is 0 Å². The highest BCUT2D eigenvalue weighted by Crippen LogP contribution is 2.20. The van der Waals surface area contributed by atoms with E-state index in [1.807, 2.05) is 5.38 Å². The number of carbonyl (C=O) groups is 1. The summed E-state index contributed by atoms with van der Waals surface area (Å²) in [5.74, 6) is -0.105. The van der Waals surface area contributed by atoms with E-state index in [0.29, 0.717) is 22.8 Å². The van der Waals surface area contributed by atoms with Crippen LogP contribution in [-0.2, 0) is 6.54 Å². The summed E-state index contributed by atoms with van der Waals surface area (Å²) in [7, 11) is 1.73. The first kappa shape index (κ1) is 12.9. The number of nitrogen functional groups attached to an aromatic ring is 1. The summed E-state index contributed by atoms with van der Waals surface area (Å²) in [5.41, 5.74) is 9.23. The van der Waals surface area contributed by atoms with E-state index in [1.165, 1.54) is 11.3 Å². The molecular formula is C12H12ClN3OS. The Labute approximate surface area is 114 Å². The third kappa shape index (κ3) is 2.80. The highest BCUT2D eigenvalue weighted by molar-refractivity contribution is 7.07. The largest absolute Gasteiger partial charge is 0.398 e. The van der Waals surface area contributed by atoms with Gasteiger partial charge in [0.25, 0.3) is 5.91 Å². The van der Waals surface area contributed by atoms with Crippen LogP contribution in [0.1, 0.15) is 16.1 Å². The second-order valence-electron chi connectivity index (χ2n) is 3.88. The molecule has 1 aromatic carbocycles. The topological polar surface area (TPSA) is 59.2 Å². The molecule has 0 aliphatic rings. The van der Waals surface area contributed by atoms with Crippen molar-refractivity contribution in [3.8, 4) is 0 Å². The summed E-state index contributed by atoms with van der Waals surface area (Å²) < 4.78 is 0. The molecule has 2 N–H and O–H groups in total. The van der Waals surface area contributed by atoms with Gasteiger partial charge in [-0.15, -0.1) is 11.3 Å². The normalized spacial score (nSPS) is 10.3. The highest BCUT2D eigenvalue weighted by atomic mass is 35.5. The zero-order chi connectivity index (χ0) is 13.1. The van der Waals surface area contributed by atoms with Crippen LogP contribution in [0.3, 0.4) is 0 Å². The maximum absolute atomic E-state index is 12.1. The Kier molecular flexibility index (Phi) is 3.84. The van der Waals surface area contributed by atoms with E-state index in [0.717, 1.165) is 5.69 Å². The molecule has 0 spiro atoms. The molecule has 0 saturated heterocycles. The van der Waals surface area contributed by atoms with Gasteiger partial charge in [-0.25, -0.2) is 4.98 Å². The Morgan fingerprint density at radius 1 is 1.56 bits per heavy atom. The fourth-order valence-corrected chi connectivity index (χ4v) is 2.19. The summed E-state index contributed by atoms with van der Waals surface area (Å²) in [6.45, 7) is 0.477. The van der Waals surface area contributed by atoms with Crippen LogP contribution in [-0.4, -0.2) is 22.8 Å². The van der Waals surface area contributed by atoms with E-state index in [2.05, 4.69) is 4.98 Å². The monoisotopic (exact) mass is 281 g/mol. The SMILES string of the molecule is CN(Cc1cscn1)C(=O)c1ccc(Cl)c(N)c1. The second kappa shape index (κ2) is 5.37. The molecule has 2 aromatic rings. The molecule has 1 heterocycles. The number of amides is 1. The number of rotatable bonds is 3. The summed E-state index contributed by atoms with van der Waals surface area (Å²) in [5, 5.41) is 2.37. The van der Waals surface area contributed by atoms with Crippen molar-refractivity contribution in [3.63, 3.8) is 0 Å². The number of aromatic nitrogens is 1. The van der Waals surface area contributed by atoms with Gasteiger partial charge in [-0.1, -0.05) is 11.6 Å². The van der Waals surface area contributed by atoms with E-state index >= 15 is 0 Å². The van der Waals surface area contributed by atoms with Gasteiger partial charge >= 0.3 is 0 Å². The number of hydrogen-bond donors (Lipinski definition) is 1. The Bertz CT molecular complexity index is 556. The number of nitrogens with zero attached hydrogens (tertiary/aromatic N) is 2. The third-order valence-electron chi connectivity index (χ3n) is 2.47. The first-order chi connectivity index (χ1) is 8.58. The molecule has 6 heteroatoms. The average Bonchev–Trinajstić information content (AvgIpc) is 2.84. The van der Waals surface area contributed by atoms with Crippen molar-refractivity contribution in [2.24, 2.45) is 0 Å². The average molecular weight is 282 g/mol. The number of anilines is 1. The van der Waals surface area contributed by atoms with Crippen LogP contribution in [0, 0.1) is 0 Å². The van der Waals surface area contributed by atoms with Gasteiger partial charge < -0.3 is 10.6 Å². The van der Waals surface area contributed by atoms with Crippen LogP contribution in [0.4, 0.5) is 5.69 Å². The lowest BCUT2D eigenvalue weighted by Gasteiger charge is -2.16. The minimum absolute atomic E-state index is 0.105. The Balaban J connectivity index is 2.12. The summed E-state index contributed by atoms with van der Waals surface area (Å²) >= 11 is 7.33. The van der Waals surface area contributed by atoms with Gasteiger partial charge in [-0.05, 0) is 18.2 Å². The molecule has 18 heavy (non-hydrogen) atoms. The molecule has 1 amide bonds. The zero-order valence-electron chi connectivity index (χ0n) is 9.76. The fourth-order valence-electron chi connectivity index (χ4n) is 1.53. The van der Waals surface area contributed by atoms with Crippen LogP contribution in [0.25, 0.3) is 0 Å². The van der Waals surface area contributed by atoms with Crippen LogP contribution in [0.15, 0.2) is 29.1 Å². The molecule has 0 aliphatic carbocycles. The molecule has 0 atom stereocenters. The van der Waals surface area contributed by atoms with Crippen molar-refractivity contribution in [3.05, 3.63) is 45.4 Å². The number of thiazole rings is 1. The predicted octanol–water partition coefficient (Wildman–Crippen LogP) is 2.65. The van der Waals surface area contributed by atoms with Crippen molar-refractivity contribution in [1.82, 2.24) is 9.88 Å². The molecule has 4 nitrogen and oxygen atoms in total. The van der Waals surface area contributed by atoms with Gasteiger partial charge in [-0.2, -0.15) is 0 Å². The van der Waals surface area contributed by atoms with Gasteiger partial charge in [0.15, 0.2) is 0 Å². The number of nitrogens with two attached hydrogens (primary N) is 1. The van der Waals surface area contributed by atoms with Crippen molar-refractivity contribution >= 4 is 34.5 Å². The highest BCUT2D eigenvalue weighted by Gasteiger charge is 2.13. The fraction of sp³-hybridized carbons (Fsp3) is 0.167. The molecule has 0 saturated carbocycles. The minimum atomic E-state index is -0.105. The van der Waals surface area contributed by atoms with Gasteiger partial charge in [0.2, 0.25) is 0 Å². The zero-order valence-corrected chi connectivity index (χ0v) is 11.3. The van der Waals surface area contributed by atoms with E-state index in [-0.39, 0.29) is 5.91 Å². The summed E-state index contributed by atoms with van der Waals surface area (Å²) in [6, 6.07) is 4.88. The molecular weight excluding hydrogens is 270 g/mol. The van der Waals surface area contributed by atoms with Gasteiger partial charge in [0.1, 0.15) is 0 Å². The molecule has 0 radical (unpaired) electrons. The van der Waals surface area contributed by atoms with E-state index in [1.54, 1.807) is 35.7 Å². The van der Waals surface area contributed by atoms with Crippen molar-refractivity contribution in [1.29, 1.82) is 0 Å². The smallest absolute Gasteiger partial charge is 0.254 e. The van der Waals surface area contributed by atoms with Crippen LogP contribution in [0.2, 0.25) is 5.02 Å². The minimum Gasteiger partial charge on any atom is -0.398 e. The van der Waals surface area contributed by atoms with E-state index in [9.17, 15) is 4.79 Å². The first-order valence-corrected chi connectivity index (χ1v) is 6.57. The van der Waals surface area contributed by atoms with Crippen LogP contribution >= 0.6 is 22.9 Å². The maximum atomic E-state index is 12.1. The van der Waals surface area contributed by atoms with E-state index in [4.69, 9.17) is 17.3 Å². The lowest BCUT2D eigenvalue weighted by molar-refractivity contribution is 0.0783. The Morgan fingerprint density at radius 3 is 2.94 bits per heavy atom.